The van der Waals surface area contributed by atoms with Crippen molar-refractivity contribution < 1.29 is 4.79 Å². The van der Waals surface area contributed by atoms with Gasteiger partial charge in [0.2, 0.25) is 5.91 Å². The third-order valence-corrected chi connectivity index (χ3v) is 0.815. The van der Waals surface area contributed by atoms with Gasteiger partial charge < -0.3 is 5.73 Å². The lowest BCUT2D eigenvalue weighted by molar-refractivity contribution is -0.118. The zero-order chi connectivity index (χ0) is 5.98. The fourth-order valence-corrected chi connectivity index (χ4v) is 0.400. The molecule has 0 fully saturated rings. The number of nitrogens with one attached hydrogen (secondary N) is 2. The van der Waals surface area contributed by atoms with Gasteiger partial charge >= 0.3 is 0 Å². The highest BCUT2D eigenvalue weighted by Crippen LogP contribution is 1.78. The number of amides is 1. The van der Waals surface area contributed by atoms with Crippen LogP contribution in [0.25, 0.3) is 0 Å². The Kier molecular flexibility index (Phi) is 1.13. The lowest BCUT2D eigenvalue weighted by atomic mass is 10.3. The molecule has 0 aliphatic carbocycles. The highest BCUT2D eigenvalue weighted by atomic mass is 16.1. The molecule has 8 heavy (non-hydrogen) atoms. The number of primary amides is 1. The zero-order valence-corrected chi connectivity index (χ0v) is 4.09. The van der Waals surface area contributed by atoms with Crippen LogP contribution in [0.15, 0.2) is 5.10 Å². The van der Waals surface area contributed by atoms with Crippen molar-refractivity contribution in [3.8, 4) is 0 Å². The molecule has 0 bridgehead atoms. The van der Waals surface area contributed by atoms with Crippen molar-refractivity contribution in [1.29, 1.82) is 0 Å². The van der Waals surface area contributed by atoms with Gasteiger partial charge in [0, 0.05) is 0 Å². The first-order chi connectivity index (χ1) is 3.80. The SMILES string of the molecule is NC(=O)C1C=NNN1. The van der Waals surface area contributed by atoms with E-state index in [1.807, 2.05) is 0 Å². The fourth-order valence-electron chi connectivity index (χ4n) is 0.400. The van der Waals surface area contributed by atoms with E-state index in [0.29, 0.717) is 0 Å². The lowest BCUT2D eigenvalue weighted by Gasteiger charge is -1.98. The summed E-state index contributed by atoms with van der Waals surface area (Å²) >= 11 is 0. The molecule has 1 atom stereocenters. The van der Waals surface area contributed by atoms with Crippen LogP contribution in [-0.4, -0.2) is 18.2 Å². The van der Waals surface area contributed by atoms with E-state index in [1.54, 1.807) is 0 Å². The number of rotatable bonds is 1. The smallest absolute Gasteiger partial charge is 0.242 e. The van der Waals surface area contributed by atoms with Crippen LogP contribution in [0.5, 0.6) is 0 Å². The molecule has 0 aromatic rings. The minimum Gasteiger partial charge on any atom is -0.368 e. The predicted octanol–water partition coefficient (Wildman–Crippen LogP) is -2.07. The second-order valence-electron chi connectivity index (χ2n) is 1.41. The maximum absolute atomic E-state index is 10.2. The van der Waals surface area contributed by atoms with Crippen LogP contribution in [0.2, 0.25) is 0 Å². The second kappa shape index (κ2) is 1.79. The van der Waals surface area contributed by atoms with E-state index < -0.39 is 11.9 Å². The van der Waals surface area contributed by atoms with Gasteiger partial charge in [-0.3, -0.25) is 4.79 Å². The summed E-state index contributed by atoms with van der Waals surface area (Å²) < 4.78 is 0. The summed E-state index contributed by atoms with van der Waals surface area (Å²) in [6, 6.07) is -0.449. The average Bonchev–Trinajstić information content (AvgIpc) is 2.12. The van der Waals surface area contributed by atoms with Gasteiger partial charge in [-0.2, -0.15) is 5.10 Å². The number of carbonyl (C=O) groups excluding carboxylic acids is 1. The molecule has 5 heteroatoms. The quantitative estimate of drug-likeness (QED) is 0.366. The summed E-state index contributed by atoms with van der Waals surface area (Å²) in [6.45, 7) is 0. The maximum Gasteiger partial charge on any atom is 0.242 e. The van der Waals surface area contributed by atoms with Gasteiger partial charge in [-0.1, -0.05) is 0 Å². The average molecular weight is 114 g/mol. The summed E-state index contributed by atoms with van der Waals surface area (Å²) in [5, 5.41) is 3.50. The van der Waals surface area contributed by atoms with Crippen molar-refractivity contribution in [2.24, 2.45) is 10.8 Å². The van der Waals surface area contributed by atoms with Crippen molar-refractivity contribution in [3.05, 3.63) is 0 Å². The molecule has 1 unspecified atom stereocenters. The topological polar surface area (TPSA) is 79.5 Å². The molecule has 1 heterocycles. The Morgan fingerprint density at radius 3 is 2.88 bits per heavy atom. The molecule has 0 spiro atoms. The van der Waals surface area contributed by atoms with Gasteiger partial charge in [0.15, 0.2) is 0 Å². The van der Waals surface area contributed by atoms with E-state index in [1.165, 1.54) is 6.21 Å². The molecule has 1 amide bonds. The molecule has 0 aromatic heterocycles. The summed E-state index contributed by atoms with van der Waals surface area (Å²) in [7, 11) is 0. The molecule has 44 valence electrons. The third-order valence-electron chi connectivity index (χ3n) is 0.815. The number of hydrazone groups is 1. The summed E-state index contributed by atoms with van der Waals surface area (Å²) in [4.78, 5) is 10.2. The second-order valence-corrected chi connectivity index (χ2v) is 1.41. The Balaban J connectivity index is 2.48. The zero-order valence-electron chi connectivity index (χ0n) is 4.09. The first-order valence-electron chi connectivity index (χ1n) is 2.14. The molecule has 0 aromatic carbocycles. The fraction of sp³-hybridized carbons (Fsp3) is 0.333. The Morgan fingerprint density at radius 2 is 2.62 bits per heavy atom. The molecule has 5 nitrogen and oxygen atoms in total. The van der Waals surface area contributed by atoms with Gasteiger partial charge in [-0.15, -0.1) is 0 Å². The monoisotopic (exact) mass is 114 g/mol. The molecular formula is C3H6N4O. The number of nitrogens with two attached hydrogens (primary N) is 1. The minimum absolute atomic E-state index is 0.432. The lowest BCUT2D eigenvalue weighted by Crippen LogP contribution is -2.42. The number of hydrogen-bond acceptors (Lipinski definition) is 4. The van der Waals surface area contributed by atoms with E-state index >= 15 is 0 Å². The van der Waals surface area contributed by atoms with Crippen LogP contribution in [0.3, 0.4) is 0 Å². The summed E-state index contributed by atoms with van der Waals surface area (Å²) in [5.74, 6) is -0.432. The van der Waals surface area contributed by atoms with Gasteiger partial charge in [-0.05, 0) is 0 Å². The maximum atomic E-state index is 10.2. The van der Waals surface area contributed by atoms with E-state index in [-0.39, 0.29) is 0 Å². The van der Waals surface area contributed by atoms with E-state index in [2.05, 4.69) is 16.1 Å². The number of carbonyl (C=O) groups is 1. The van der Waals surface area contributed by atoms with Gasteiger partial charge in [0.05, 0.1) is 6.21 Å². The third kappa shape index (κ3) is 0.760. The van der Waals surface area contributed by atoms with Crippen molar-refractivity contribution >= 4 is 12.1 Å². The van der Waals surface area contributed by atoms with Gasteiger partial charge in [0.25, 0.3) is 0 Å². The molecule has 1 rings (SSSR count). The van der Waals surface area contributed by atoms with Gasteiger partial charge in [0.1, 0.15) is 6.04 Å². The molecular weight excluding hydrogens is 108 g/mol. The van der Waals surface area contributed by atoms with Crippen LogP contribution >= 0.6 is 0 Å². The Bertz CT molecular complexity index is 131. The van der Waals surface area contributed by atoms with Crippen molar-refractivity contribution in [1.82, 2.24) is 11.0 Å². The van der Waals surface area contributed by atoms with Crippen LogP contribution in [-0.2, 0) is 4.79 Å². The Labute approximate surface area is 45.9 Å². The molecule has 1 aliphatic heterocycles. The highest BCUT2D eigenvalue weighted by Gasteiger charge is 2.13. The molecule has 1 aliphatic rings. The van der Waals surface area contributed by atoms with E-state index in [0.717, 1.165) is 0 Å². The Morgan fingerprint density at radius 1 is 1.88 bits per heavy atom. The van der Waals surface area contributed by atoms with Crippen molar-refractivity contribution in [3.63, 3.8) is 0 Å². The molecule has 0 saturated carbocycles. The van der Waals surface area contributed by atoms with Crippen LogP contribution in [0.4, 0.5) is 0 Å². The minimum atomic E-state index is -0.449. The number of hydrogen-bond donors (Lipinski definition) is 3. The van der Waals surface area contributed by atoms with E-state index in [4.69, 9.17) is 5.73 Å². The van der Waals surface area contributed by atoms with Crippen molar-refractivity contribution in [2.75, 3.05) is 0 Å². The standard InChI is InChI=1S/C3H6N4O/c4-3(8)2-1-5-7-6-2/h1-2,6-7H,(H2,4,8). The summed E-state index contributed by atoms with van der Waals surface area (Å²) in [5.41, 5.74) is 9.75. The summed E-state index contributed by atoms with van der Waals surface area (Å²) in [6.07, 6.45) is 1.41. The van der Waals surface area contributed by atoms with Crippen LogP contribution in [0, 0.1) is 0 Å². The molecule has 0 saturated heterocycles. The van der Waals surface area contributed by atoms with Gasteiger partial charge in [-0.25, -0.2) is 11.0 Å². The first kappa shape index (κ1) is 5.04. The van der Waals surface area contributed by atoms with Crippen molar-refractivity contribution in [2.45, 2.75) is 6.04 Å². The van der Waals surface area contributed by atoms with E-state index in [9.17, 15) is 4.79 Å². The normalized spacial score (nSPS) is 25.2. The number of hydrazine groups is 1. The largest absolute Gasteiger partial charge is 0.368 e. The predicted molar refractivity (Wildman–Crippen MR) is 27.7 cm³/mol. The highest BCUT2D eigenvalue weighted by molar-refractivity contribution is 5.97. The Hall–Kier alpha value is -1.10. The number of nitrogens with zero attached hydrogens (tertiary/aromatic N) is 1. The first-order valence-corrected chi connectivity index (χ1v) is 2.14. The molecule has 4 N–H and O–H groups in total. The van der Waals surface area contributed by atoms with Crippen LogP contribution in [0.1, 0.15) is 0 Å². The van der Waals surface area contributed by atoms with Crippen LogP contribution < -0.4 is 16.7 Å². The molecule has 0 radical (unpaired) electrons.